The van der Waals surface area contributed by atoms with Crippen LogP contribution in [0, 0.1) is 0 Å². The molecule has 1 fully saturated rings. The van der Waals surface area contributed by atoms with Crippen LogP contribution in [0.4, 0.5) is 0 Å². The van der Waals surface area contributed by atoms with Gasteiger partial charge in [0.2, 0.25) is 0 Å². The standard InChI is InChI=1S/C12H22N4O2/c1-10(2)15-4-6-18-12(8-15)9-16-7-11(3-5-17)13-14-16/h7,10,12,17H,3-6,8-9H2,1-2H3. The summed E-state index contributed by atoms with van der Waals surface area (Å²) in [5, 5.41) is 16.9. The fourth-order valence-corrected chi connectivity index (χ4v) is 2.19. The lowest BCUT2D eigenvalue weighted by Gasteiger charge is -2.35. The highest BCUT2D eigenvalue weighted by molar-refractivity contribution is 4.92. The van der Waals surface area contributed by atoms with E-state index < -0.39 is 0 Å². The molecule has 0 aliphatic carbocycles. The maximum atomic E-state index is 8.84. The van der Waals surface area contributed by atoms with Crippen molar-refractivity contribution in [3.05, 3.63) is 11.9 Å². The van der Waals surface area contributed by atoms with Gasteiger partial charge in [0.15, 0.2) is 0 Å². The molecule has 6 heteroatoms. The van der Waals surface area contributed by atoms with E-state index in [9.17, 15) is 0 Å². The fraction of sp³-hybridized carbons (Fsp3) is 0.833. The van der Waals surface area contributed by atoms with Crippen LogP contribution in [0.25, 0.3) is 0 Å². The molecule has 1 aromatic heterocycles. The van der Waals surface area contributed by atoms with Gasteiger partial charge in [0, 0.05) is 38.4 Å². The van der Waals surface area contributed by atoms with Crippen LogP contribution in [0.15, 0.2) is 6.20 Å². The maximum absolute atomic E-state index is 8.84. The van der Waals surface area contributed by atoms with E-state index in [0.29, 0.717) is 12.5 Å². The molecular weight excluding hydrogens is 232 g/mol. The molecule has 1 N–H and O–H groups in total. The van der Waals surface area contributed by atoms with E-state index in [1.807, 2.05) is 6.20 Å². The molecule has 0 bridgehead atoms. The van der Waals surface area contributed by atoms with Gasteiger partial charge in [0.05, 0.1) is 24.9 Å². The number of hydrogen-bond donors (Lipinski definition) is 1. The van der Waals surface area contributed by atoms with Crippen molar-refractivity contribution in [2.45, 2.75) is 39.0 Å². The zero-order valence-electron chi connectivity index (χ0n) is 11.1. The Hall–Kier alpha value is -0.980. The summed E-state index contributed by atoms with van der Waals surface area (Å²) in [5.74, 6) is 0. The van der Waals surface area contributed by atoms with Crippen LogP contribution in [-0.4, -0.2) is 63.4 Å². The molecule has 6 nitrogen and oxygen atoms in total. The lowest BCUT2D eigenvalue weighted by atomic mass is 10.2. The average molecular weight is 254 g/mol. The van der Waals surface area contributed by atoms with Crippen molar-refractivity contribution >= 4 is 0 Å². The highest BCUT2D eigenvalue weighted by Crippen LogP contribution is 2.10. The Kier molecular flexibility index (Phi) is 4.68. The van der Waals surface area contributed by atoms with Gasteiger partial charge < -0.3 is 9.84 Å². The van der Waals surface area contributed by atoms with Crippen LogP contribution < -0.4 is 0 Å². The van der Waals surface area contributed by atoms with E-state index in [1.54, 1.807) is 4.68 Å². The Morgan fingerprint density at radius 1 is 1.56 bits per heavy atom. The smallest absolute Gasteiger partial charge is 0.0898 e. The van der Waals surface area contributed by atoms with Gasteiger partial charge in [-0.2, -0.15) is 0 Å². The SMILES string of the molecule is CC(C)N1CCOC(Cn2cc(CCO)nn2)C1. The largest absolute Gasteiger partial charge is 0.396 e. The van der Waals surface area contributed by atoms with E-state index in [0.717, 1.165) is 31.9 Å². The minimum Gasteiger partial charge on any atom is -0.396 e. The summed E-state index contributed by atoms with van der Waals surface area (Å²) < 4.78 is 7.56. The fourth-order valence-electron chi connectivity index (χ4n) is 2.19. The summed E-state index contributed by atoms with van der Waals surface area (Å²) >= 11 is 0. The molecule has 2 rings (SSSR count). The van der Waals surface area contributed by atoms with E-state index >= 15 is 0 Å². The molecule has 0 saturated carbocycles. The average Bonchev–Trinajstić information content (AvgIpc) is 2.77. The van der Waals surface area contributed by atoms with Gasteiger partial charge in [0.1, 0.15) is 0 Å². The Bertz CT molecular complexity index is 367. The van der Waals surface area contributed by atoms with Crippen LogP contribution >= 0.6 is 0 Å². The quantitative estimate of drug-likeness (QED) is 0.796. The van der Waals surface area contributed by atoms with Crippen LogP contribution in [0.5, 0.6) is 0 Å². The number of aliphatic hydroxyl groups excluding tert-OH is 1. The molecule has 1 aliphatic heterocycles. The Morgan fingerprint density at radius 3 is 3.11 bits per heavy atom. The maximum Gasteiger partial charge on any atom is 0.0898 e. The molecule has 1 aromatic rings. The molecule has 1 unspecified atom stereocenters. The first kappa shape index (κ1) is 13.5. The van der Waals surface area contributed by atoms with Gasteiger partial charge in [-0.1, -0.05) is 5.21 Å². The first-order chi connectivity index (χ1) is 8.69. The third kappa shape index (κ3) is 3.51. The second-order valence-electron chi connectivity index (χ2n) is 4.99. The Balaban J connectivity index is 1.87. The minimum absolute atomic E-state index is 0.111. The van der Waals surface area contributed by atoms with Gasteiger partial charge in [-0.15, -0.1) is 5.10 Å². The van der Waals surface area contributed by atoms with Crippen molar-refractivity contribution in [2.75, 3.05) is 26.3 Å². The normalized spacial score (nSPS) is 21.7. The van der Waals surface area contributed by atoms with E-state index in [4.69, 9.17) is 9.84 Å². The topological polar surface area (TPSA) is 63.4 Å². The van der Waals surface area contributed by atoms with Gasteiger partial charge in [-0.3, -0.25) is 4.90 Å². The number of ether oxygens (including phenoxy) is 1. The monoisotopic (exact) mass is 254 g/mol. The molecule has 0 radical (unpaired) electrons. The number of aromatic nitrogens is 3. The van der Waals surface area contributed by atoms with Gasteiger partial charge in [-0.05, 0) is 13.8 Å². The Labute approximate surface area is 108 Å². The molecule has 1 aliphatic rings. The number of hydrogen-bond acceptors (Lipinski definition) is 5. The number of nitrogens with zero attached hydrogens (tertiary/aromatic N) is 4. The van der Waals surface area contributed by atoms with Gasteiger partial charge in [0.25, 0.3) is 0 Å². The van der Waals surface area contributed by atoms with Crippen molar-refractivity contribution in [1.82, 2.24) is 19.9 Å². The highest BCUT2D eigenvalue weighted by atomic mass is 16.5. The summed E-state index contributed by atoms with van der Waals surface area (Å²) in [4.78, 5) is 2.42. The Morgan fingerprint density at radius 2 is 2.39 bits per heavy atom. The number of aliphatic hydroxyl groups is 1. The lowest BCUT2D eigenvalue weighted by molar-refractivity contribution is -0.0471. The molecule has 18 heavy (non-hydrogen) atoms. The first-order valence-corrected chi connectivity index (χ1v) is 6.54. The lowest BCUT2D eigenvalue weighted by Crippen LogP contribution is -2.47. The molecule has 0 spiro atoms. The van der Waals surface area contributed by atoms with E-state index in [2.05, 4.69) is 29.1 Å². The number of rotatable bonds is 5. The second-order valence-corrected chi connectivity index (χ2v) is 4.99. The predicted octanol–water partition coefficient (Wildman–Crippen LogP) is -0.0779. The van der Waals surface area contributed by atoms with E-state index in [-0.39, 0.29) is 12.7 Å². The van der Waals surface area contributed by atoms with Crippen molar-refractivity contribution in [2.24, 2.45) is 0 Å². The zero-order valence-corrected chi connectivity index (χ0v) is 11.1. The second kappa shape index (κ2) is 6.26. The van der Waals surface area contributed by atoms with Crippen LogP contribution in [0.2, 0.25) is 0 Å². The van der Waals surface area contributed by atoms with Crippen molar-refractivity contribution in [3.63, 3.8) is 0 Å². The van der Waals surface area contributed by atoms with E-state index in [1.165, 1.54) is 0 Å². The van der Waals surface area contributed by atoms with Crippen molar-refractivity contribution in [1.29, 1.82) is 0 Å². The summed E-state index contributed by atoms with van der Waals surface area (Å²) in [5.41, 5.74) is 0.828. The zero-order chi connectivity index (χ0) is 13.0. The first-order valence-electron chi connectivity index (χ1n) is 6.54. The van der Waals surface area contributed by atoms with Gasteiger partial charge in [-0.25, -0.2) is 4.68 Å². The summed E-state index contributed by atoms with van der Waals surface area (Å²) in [6, 6.07) is 0.553. The molecule has 0 amide bonds. The van der Waals surface area contributed by atoms with Crippen LogP contribution in [-0.2, 0) is 17.7 Å². The molecule has 102 valence electrons. The molecular formula is C12H22N4O2. The molecule has 2 heterocycles. The minimum atomic E-state index is 0.111. The third-order valence-electron chi connectivity index (χ3n) is 3.25. The number of morpholine rings is 1. The summed E-state index contributed by atoms with van der Waals surface area (Å²) in [6.07, 6.45) is 2.61. The van der Waals surface area contributed by atoms with Gasteiger partial charge >= 0.3 is 0 Å². The van der Waals surface area contributed by atoms with Crippen molar-refractivity contribution < 1.29 is 9.84 Å². The molecule has 1 saturated heterocycles. The molecule has 0 aromatic carbocycles. The van der Waals surface area contributed by atoms with Crippen LogP contribution in [0.3, 0.4) is 0 Å². The van der Waals surface area contributed by atoms with Crippen LogP contribution in [0.1, 0.15) is 19.5 Å². The van der Waals surface area contributed by atoms with Crippen molar-refractivity contribution in [3.8, 4) is 0 Å². The summed E-state index contributed by atoms with van der Waals surface area (Å²) in [7, 11) is 0. The summed E-state index contributed by atoms with van der Waals surface area (Å²) in [6.45, 7) is 7.96. The molecule has 1 atom stereocenters. The third-order valence-corrected chi connectivity index (χ3v) is 3.25. The highest BCUT2D eigenvalue weighted by Gasteiger charge is 2.22. The predicted molar refractivity (Wildman–Crippen MR) is 67.3 cm³/mol.